The van der Waals surface area contributed by atoms with Crippen molar-refractivity contribution in [3.8, 4) is 0 Å². The number of sulfonamides is 1. The van der Waals surface area contributed by atoms with Gasteiger partial charge in [0.25, 0.3) is 5.91 Å². The first-order chi connectivity index (χ1) is 12.7. The van der Waals surface area contributed by atoms with E-state index in [1.165, 1.54) is 0 Å². The molecule has 1 amide bonds. The molecule has 1 saturated heterocycles. The maximum atomic E-state index is 13.1. The van der Waals surface area contributed by atoms with Crippen molar-refractivity contribution >= 4 is 15.9 Å². The van der Waals surface area contributed by atoms with E-state index < -0.39 is 10.0 Å². The van der Waals surface area contributed by atoms with Crippen molar-refractivity contribution in [3.05, 3.63) is 53.1 Å². The van der Waals surface area contributed by atoms with Gasteiger partial charge in [0.05, 0.1) is 24.1 Å². The number of hydrogen-bond acceptors (Lipinski definition) is 4. The molecule has 1 aliphatic rings. The van der Waals surface area contributed by atoms with E-state index in [9.17, 15) is 13.2 Å². The van der Waals surface area contributed by atoms with Gasteiger partial charge in [-0.05, 0) is 44.9 Å². The second kappa shape index (κ2) is 7.82. The summed E-state index contributed by atoms with van der Waals surface area (Å²) < 4.78 is 27.7. The zero-order valence-electron chi connectivity index (χ0n) is 16.0. The summed E-state index contributed by atoms with van der Waals surface area (Å²) in [5.74, 6) is -0.0460. The number of carbonyl (C=O) groups excluding carboxylic acids is 1. The maximum absolute atomic E-state index is 13.1. The summed E-state index contributed by atoms with van der Waals surface area (Å²) in [5.41, 5.74) is 3.52. The van der Waals surface area contributed by atoms with Crippen LogP contribution in [0, 0.1) is 13.8 Å². The van der Waals surface area contributed by atoms with Gasteiger partial charge in [0.1, 0.15) is 0 Å². The normalized spacial score (nSPS) is 17.9. The molecule has 2 aromatic rings. The van der Waals surface area contributed by atoms with Crippen molar-refractivity contribution in [1.29, 1.82) is 0 Å². The van der Waals surface area contributed by atoms with Crippen LogP contribution in [0.1, 0.15) is 40.3 Å². The second-order valence-electron chi connectivity index (χ2n) is 7.17. The zero-order valence-corrected chi connectivity index (χ0v) is 16.8. The molecule has 8 heteroatoms. The predicted octanol–water partition coefficient (Wildman–Crippen LogP) is 1.70. The number of aryl methyl sites for hydroxylation is 1. The van der Waals surface area contributed by atoms with Crippen LogP contribution in [-0.4, -0.2) is 54.2 Å². The molecule has 1 fully saturated rings. The predicted molar refractivity (Wildman–Crippen MR) is 104 cm³/mol. The van der Waals surface area contributed by atoms with Crippen LogP contribution in [-0.2, 0) is 16.6 Å². The number of amides is 1. The molecule has 7 nitrogen and oxygen atoms in total. The van der Waals surface area contributed by atoms with Gasteiger partial charge in [-0.3, -0.25) is 9.78 Å². The van der Waals surface area contributed by atoms with Crippen molar-refractivity contribution in [2.24, 2.45) is 0 Å². The molecule has 3 heterocycles. The minimum Gasteiger partial charge on any atom is -0.342 e. The van der Waals surface area contributed by atoms with Gasteiger partial charge in [-0.1, -0.05) is 6.07 Å². The van der Waals surface area contributed by atoms with Gasteiger partial charge in [0.15, 0.2) is 0 Å². The lowest BCUT2D eigenvalue weighted by Gasteiger charge is -2.32. The van der Waals surface area contributed by atoms with Crippen molar-refractivity contribution in [3.63, 3.8) is 0 Å². The lowest BCUT2D eigenvalue weighted by molar-refractivity contribution is 0.0702. The summed E-state index contributed by atoms with van der Waals surface area (Å²) in [7, 11) is -3.28. The highest BCUT2D eigenvalue weighted by Crippen LogP contribution is 2.21. The molecule has 0 aliphatic carbocycles. The Balaban J connectivity index is 1.78. The van der Waals surface area contributed by atoms with E-state index >= 15 is 0 Å². The maximum Gasteiger partial charge on any atom is 0.255 e. The van der Waals surface area contributed by atoms with E-state index in [0.717, 1.165) is 36.2 Å². The molecule has 0 radical (unpaired) electrons. The zero-order chi connectivity index (χ0) is 19.6. The fourth-order valence-corrected chi connectivity index (χ4v) is 4.44. The number of likely N-dealkylation sites (tertiary alicyclic amines) is 1. The number of nitrogens with one attached hydrogen (secondary N) is 1. The molecular formula is C19H26N4O3S. The number of carbonyl (C=O) groups is 1. The Morgan fingerprint density at radius 1 is 1.33 bits per heavy atom. The average Bonchev–Trinajstić information content (AvgIpc) is 2.89. The Labute approximate surface area is 160 Å². The Morgan fingerprint density at radius 2 is 2.11 bits per heavy atom. The minimum absolute atomic E-state index is 0.0460. The Kier molecular flexibility index (Phi) is 5.67. The molecule has 146 valence electrons. The van der Waals surface area contributed by atoms with E-state index in [1.54, 1.807) is 11.1 Å². The summed E-state index contributed by atoms with van der Waals surface area (Å²) >= 11 is 0. The summed E-state index contributed by atoms with van der Waals surface area (Å²) in [6.45, 7) is 5.58. The Hall–Kier alpha value is -2.19. The SMILES string of the molecule is Cc1cc(C(=O)N2CCCC(NS(C)(=O)=O)C2)c(C)n1Cc1ccccn1. The van der Waals surface area contributed by atoms with Gasteiger partial charge < -0.3 is 9.47 Å². The first-order valence-electron chi connectivity index (χ1n) is 9.08. The molecule has 0 aromatic carbocycles. The highest BCUT2D eigenvalue weighted by atomic mass is 32.2. The molecule has 2 aromatic heterocycles. The number of piperidine rings is 1. The average molecular weight is 391 g/mol. The quantitative estimate of drug-likeness (QED) is 0.842. The highest BCUT2D eigenvalue weighted by molar-refractivity contribution is 7.88. The Morgan fingerprint density at radius 3 is 2.78 bits per heavy atom. The number of pyridine rings is 1. The van der Waals surface area contributed by atoms with Crippen LogP contribution in [0.15, 0.2) is 30.5 Å². The first-order valence-corrected chi connectivity index (χ1v) is 11.0. The molecule has 1 aliphatic heterocycles. The first kappa shape index (κ1) is 19.6. The van der Waals surface area contributed by atoms with Crippen LogP contribution < -0.4 is 4.72 Å². The molecule has 1 N–H and O–H groups in total. The van der Waals surface area contributed by atoms with Crippen molar-refractivity contribution in [2.75, 3.05) is 19.3 Å². The van der Waals surface area contributed by atoms with Crippen molar-refractivity contribution in [1.82, 2.24) is 19.2 Å². The van der Waals surface area contributed by atoms with Crippen LogP contribution in [0.3, 0.4) is 0 Å². The lowest BCUT2D eigenvalue weighted by atomic mass is 10.1. The standard InChI is InChI=1S/C19H26N4O3S/c1-14-11-18(15(2)23(14)13-16-7-4-5-9-20-16)19(24)22-10-6-8-17(12-22)21-27(3,25)26/h4-5,7,9,11,17,21H,6,8,10,12-13H2,1-3H3. The van der Waals surface area contributed by atoms with E-state index in [2.05, 4.69) is 14.3 Å². The van der Waals surface area contributed by atoms with Gasteiger partial charge in [0.2, 0.25) is 10.0 Å². The van der Waals surface area contributed by atoms with Crippen LogP contribution in [0.25, 0.3) is 0 Å². The molecule has 3 rings (SSSR count). The van der Waals surface area contributed by atoms with Gasteiger partial charge in [-0.15, -0.1) is 0 Å². The summed E-state index contributed by atoms with van der Waals surface area (Å²) in [6, 6.07) is 7.48. The number of nitrogens with zero attached hydrogens (tertiary/aromatic N) is 3. The summed E-state index contributed by atoms with van der Waals surface area (Å²) in [5, 5.41) is 0. The van der Waals surface area contributed by atoms with Gasteiger partial charge in [0, 0.05) is 36.7 Å². The van der Waals surface area contributed by atoms with Gasteiger partial charge >= 0.3 is 0 Å². The molecule has 27 heavy (non-hydrogen) atoms. The van der Waals surface area contributed by atoms with Crippen molar-refractivity contribution < 1.29 is 13.2 Å². The molecule has 1 unspecified atom stereocenters. The molecule has 0 saturated carbocycles. The van der Waals surface area contributed by atoms with Crippen molar-refractivity contribution in [2.45, 2.75) is 39.3 Å². The largest absolute Gasteiger partial charge is 0.342 e. The van der Waals surface area contributed by atoms with E-state index in [-0.39, 0.29) is 11.9 Å². The third-order valence-electron chi connectivity index (χ3n) is 4.94. The minimum atomic E-state index is -3.28. The smallest absolute Gasteiger partial charge is 0.255 e. The van der Waals surface area contributed by atoms with Gasteiger partial charge in [-0.25, -0.2) is 13.1 Å². The molecular weight excluding hydrogens is 364 g/mol. The van der Waals surface area contributed by atoms with E-state index in [1.807, 2.05) is 38.1 Å². The fourth-order valence-electron chi connectivity index (χ4n) is 3.65. The molecule has 1 atom stereocenters. The Bertz CT molecular complexity index is 922. The topological polar surface area (TPSA) is 84.3 Å². The van der Waals surface area contributed by atoms with Gasteiger partial charge in [-0.2, -0.15) is 0 Å². The molecule has 0 bridgehead atoms. The van der Waals surface area contributed by atoms with E-state index in [0.29, 0.717) is 25.2 Å². The third kappa shape index (κ3) is 4.75. The van der Waals surface area contributed by atoms with Crippen LogP contribution in [0.5, 0.6) is 0 Å². The van der Waals surface area contributed by atoms with E-state index in [4.69, 9.17) is 0 Å². The summed E-state index contributed by atoms with van der Waals surface area (Å²) in [4.78, 5) is 19.2. The summed E-state index contributed by atoms with van der Waals surface area (Å²) in [6.07, 6.45) is 4.44. The highest BCUT2D eigenvalue weighted by Gasteiger charge is 2.28. The monoisotopic (exact) mass is 390 g/mol. The fraction of sp³-hybridized carbons (Fsp3) is 0.474. The molecule has 0 spiro atoms. The van der Waals surface area contributed by atoms with Crippen LogP contribution in [0.4, 0.5) is 0 Å². The third-order valence-corrected chi connectivity index (χ3v) is 5.70. The lowest BCUT2D eigenvalue weighted by Crippen LogP contribution is -2.49. The van der Waals surface area contributed by atoms with Crippen LogP contribution >= 0.6 is 0 Å². The number of hydrogen-bond donors (Lipinski definition) is 1. The number of rotatable bonds is 5. The second-order valence-corrected chi connectivity index (χ2v) is 8.95. The van der Waals surface area contributed by atoms with Crippen LogP contribution in [0.2, 0.25) is 0 Å². The number of aromatic nitrogens is 2.